The number of ether oxygens (including phenoxy) is 1. The van der Waals surface area contributed by atoms with E-state index in [1.165, 1.54) is 0 Å². The summed E-state index contributed by atoms with van der Waals surface area (Å²) in [5.41, 5.74) is 0. The summed E-state index contributed by atoms with van der Waals surface area (Å²) in [5.74, 6) is 0. The predicted molar refractivity (Wildman–Crippen MR) is 44.2 cm³/mol. The van der Waals surface area contributed by atoms with E-state index in [1.54, 1.807) is 0 Å². The number of aliphatic hydroxyl groups is 6. The summed E-state index contributed by atoms with van der Waals surface area (Å²) < 4.78 is 4.37. The van der Waals surface area contributed by atoms with Gasteiger partial charge in [-0.1, -0.05) is 0 Å². The molecular weight excluding hydrogens is 196 g/mol. The lowest BCUT2D eigenvalue weighted by atomic mass is 10.0. The van der Waals surface area contributed by atoms with Crippen molar-refractivity contribution >= 4 is 0 Å². The van der Waals surface area contributed by atoms with Gasteiger partial charge in [0.15, 0.2) is 0 Å². The Kier molecular flexibility index (Phi) is 6.93. The Labute approximate surface area is 80.8 Å². The molecule has 0 bridgehead atoms. The monoisotopic (exact) mass is 212 g/mol. The lowest BCUT2D eigenvalue weighted by Gasteiger charge is -2.25. The Balaban J connectivity index is 3.95. The molecule has 7 heteroatoms. The largest absolute Gasteiger partial charge is 0.394 e. The van der Waals surface area contributed by atoms with E-state index in [2.05, 4.69) is 4.74 Å². The molecule has 14 heavy (non-hydrogen) atoms. The van der Waals surface area contributed by atoms with E-state index in [0.717, 1.165) is 0 Å². The maximum absolute atomic E-state index is 9.18. The van der Waals surface area contributed by atoms with Crippen LogP contribution in [0, 0.1) is 0 Å². The first-order valence-corrected chi connectivity index (χ1v) is 4.06. The average Bonchev–Trinajstić information content (AvgIpc) is 2.22. The second kappa shape index (κ2) is 7.07. The van der Waals surface area contributed by atoms with Gasteiger partial charge in [-0.25, -0.2) is 0 Å². The van der Waals surface area contributed by atoms with Gasteiger partial charge in [0.05, 0.1) is 13.2 Å². The van der Waals surface area contributed by atoms with E-state index < -0.39 is 37.8 Å². The second-order valence-corrected chi connectivity index (χ2v) is 2.80. The Morgan fingerprint density at radius 2 is 1.36 bits per heavy atom. The van der Waals surface area contributed by atoms with Crippen LogP contribution in [0.15, 0.2) is 0 Å². The highest BCUT2D eigenvalue weighted by atomic mass is 16.6. The highest BCUT2D eigenvalue weighted by molar-refractivity contribution is 4.80. The van der Waals surface area contributed by atoms with Crippen molar-refractivity contribution in [3.63, 3.8) is 0 Å². The van der Waals surface area contributed by atoms with Gasteiger partial charge in [-0.3, -0.25) is 0 Å². The molecule has 4 atom stereocenters. The van der Waals surface area contributed by atoms with E-state index in [4.69, 9.17) is 25.5 Å². The second-order valence-electron chi connectivity index (χ2n) is 2.80. The van der Waals surface area contributed by atoms with Crippen molar-refractivity contribution in [2.45, 2.75) is 24.4 Å². The van der Waals surface area contributed by atoms with Crippen molar-refractivity contribution in [1.29, 1.82) is 0 Å². The fraction of sp³-hybridized carbons (Fsp3) is 1.00. The third-order valence-electron chi connectivity index (χ3n) is 1.71. The van der Waals surface area contributed by atoms with E-state index in [1.807, 2.05) is 0 Å². The van der Waals surface area contributed by atoms with Crippen molar-refractivity contribution in [3.8, 4) is 0 Å². The lowest BCUT2D eigenvalue weighted by molar-refractivity contribution is -0.138. The number of aliphatic hydroxyl groups excluding tert-OH is 6. The van der Waals surface area contributed by atoms with Gasteiger partial charge >= 0.3 is 0 Å². The summed E-state index contributed by atoms with van der Waals surface area (Å²) >= 11 is 0. The smallest absolute Gasteiger partial charge is 0.143 e. The molecule has 0 aromatic rings. The van der Waals surface area contributed by atoms with Crippen LogP contribution in [0.4, 0.5) is 0 Å². The fourth-order valence-corrected chi connectivity index (χ4v) is 0.835. The van der Waals surface area contributed by atoms with Crippen molar-refractivity contribution in [2.24, 2.45) is 0 Å². The zero-order chi connectivity index (χ0) is 11.1. The van der Waals surface area contributed by atoms with Gasteiger partial charge in [0, 0.05) is 0 Å². The van der Waals surface area contributed by atoms with Crippen LogP contribution in [0.1, 0.15) is 0 Å². The van der Waals surface area contributed by atoms with Gasteiger partial charge in [-0.15, -0.1) is 0 Å². The van der Waals surface area contributed by atoms with E-state index in [0.29, 0.717) is 0 Å². The van der Waals surface area contributed by atoms with Crippen LogP contribution in [0.5, 0.6) is 0 Å². The maximum atomic E-state index is 9.18. The highest BCUT2D eigenvalue weighted by Gasteiger charge is 2.29. The zero-order valence-corrected chi connectivity index (χ0v) is 7.52. The molecule has 0 aliphatic rings. The van der Waals surface area contributed by atoms with Crippen LogP contribution >= 0.6 is 0 Å². The minimum atomic E-state index is -1.67. The number of rotatable bonds is 7. The standard InChI is InChI=1S/C7H16O7/c8-1-4(10)6(12)7(13)5(11)2-14-3-9/h4-13H,1-3H2/t4-,5+,6+,7+/m0/s1. The molecule has 0 unspecified atom stereocenters. The Hall–Kier alpha value is -0.280. The molecule has 0 spiro atoms. The number of hydrogen-bond donors (Lipinski definition) is 6. The van der Waals surface area contributed by atoms with Crippen LogP contribution in [-0.2, 0) is 4.74 Å². The first-order valence-electron chi connectivity index (χ1n) is 4.06. The first-order chi connectivity index (χ1) is 6.54. The first kappa shape index (κ1) is 13.7. The van der Waals surface area contributed by atoms with E-state index >= 15 is 0 Å². The molecule has 0 aliphatic heterocycles. The molecule has 6 N–H and O–H groups in total. The summed E-state index contributed by atoms with van der Waals surface area (Å²) in [5, 5.41) is 53.0. The summed E-state index contributed by atoms with van der Waals surface area (Å²) in [4.78, 5) is 0. The fourth-order valence-electron chi connectivity index (χ4n) is 0.835. The minimum Gasteiger partial charge on any atom is -0.394 e. The molecule has 0 saturated carbocycles. The molecule has 0 aromatic carbocycles. The number of hydrogen-bond acceptors (Lipinski definition) is 7. The topological polar surface area (TPSA) is 131 Å². The molecule has 0 fully saturated rings. The molecule has 0 rings (SSSR count). The lowest BCUT2D eigenvalue weighted by Crippen LogP contribution is -2.47. The SMILES string of the molecule is OCOC[C@@H](O)[C@@H](O)[C@H](O)[C@@H](O)CO. The van der Waals surface area contributed by atoms with E-state index in [-0.39, 0.29) is 6.61 Å². The molecule has 7 nitrogen and oxygen atoms in total. The average molecular weight is 212 g/mol. The zero-order valence-electron chi connectivity index (χ0n) is 7.52. The van der Waals surface area contributed by atoms with Crippen LogP contribution in [0.3, 0.4) is 0 Å². The van der Waals surface area contributed by atoms with Crippen molar-refractivity contribution in [1.82, 2.24) is 0 Å². The van der Waals surface area contributed by atoms with Gasteiger partial charge < -0.3 is 35.4 Å². The predicted octanol–water partition coefficient (Wildman–Crippen LogP) is -3.61. The van der Waals surface area contributed by atoms with Gasteiger partial charge in [-0.05, 0) is 0 Å². The normalized spacial score (nSPS) is 20.1. The molecule has 86 valence electrons. The molecule has 0 heterocycles. The molecule has 0 aromatic heterocycles. The molecule has 0 saturated heterocycles. The van der Waals surface area contributed by atoms with Gasteiger partial charge in [0.25, 0.3) is 0 Å². The van der Waals surface area contributed by atoms with Crippen LogP contribution in [0.25, 0.3) is 0 Å². The van der Waals surface area contributed by atoms with Crippen LogP contribution < -0.4 is 0 Å². The van der Waals surface area contributed by atoms with Gasteiger partial charge in [0.2, 0.25) is 0 Å². The molecule has 0 amide bonds. The third-order valence-corrected chi connectivity index (χ3v) is 1.71. The highest BCUT2D eigenvalue weighted by Crippen LogP contribution is 2.05. The molecule has 0 aliphatic carbocycles. The van der Waals surface area contributed by atoms with Crippen LogP contribution in [-0.4, -0.2) is 75.1 Å². The summed E-state index contributed by atoms with van der Waals surface area (Å²) in [7, 11) is 0. The Morgan fingerprint density at radius 1 is 0.857 bits per heavy atom. The van der Waals surface area contributed by atoms with Crippen molar-refractivity contribution < 1.29 is 35.4 Å². The summed E-state index contributed by atoms with van der Waals surface area (Å²) in [6.07, 6.45) is -6.30. The molecule has 0 radical (unpaired) electrons. The van der Waals surface area contributed by atoms with E-state index in [9.17, 15) is 5.11 Å². The van der Waals surface area contributed by atoms with Gasteiger partial charge in [0.1, 0.15) is 31.2 Å². The van der Waals surface area contributed by atoms with Gasteiger partial charge in [-0.2, -0.15) is 0 Å². The summed E-state index contributed by atoms with van der Waals surface area (Å²) in [6, 6.07) is 0. The maximum Gasteiger partial charge on any atom is 0.143 e. The minimum absolute atomic E-state index is 0.382. The Bertz CT molecular complexity index is 142. The van der Waals surface area contributed by atoms with Crippen molar-refractivity contribution in [2.75, 3.05) is 20.0 Å². The quantitative estimate of drug-likeness (QED) is 0.240. The Morgan fingerprint density at radius 3 is 1.79 bits per heavy atom. The molecular formula is C7H16O7. The van der Waals surface area contributed by atoms with Crippen molar-refractivity contribution in [3.05, 3.63) is 0 Å². The summed E-state index contributed by atoms with van der Waals surface area (Å²) in [6.45, 7) is -1.74. The van der Waals surface area contributed by atoms with Crippen LogP contribution in [0.2, 0.25) is 0 Å². The third kappa shape index (κ3) is 4.29.